The number of hydrogen-bond acceptors (Lipinski definition) is 7. The van der Waals surface area contributed by atoms with Crippen molar-refractivity contribution < 1.29 is 33.5 Å². The standard InChI is InChI=1S/C23H30O7/c1-13(11-24)14(2)21(15-7-17(25-3)22(28-6)18(8-15)26-4)16-9-19(27-5)23-20(10-16)29-12-30-23/h7-10,13-14,21,24H,11-12H2,1-6H3/t13-,14-,21?/m0/s1. The van der Waals surface area contributed by atoms with Gasteiger partial charge in [-0.2, -0.15) is 0 Å². The molecule has 30 heavy (non-hydrogen) atoms. The number of methoxy groups -OCH3 is 4. The van der Waals surface area contributed by atoms with Crippen LogP contribution in [0.25, 0.3) is 0 Å². The van der Waals surface area contributed by atoms with Crippen LogP contribution in [-0.4, -0.2) is 46.9 Å². The number of benzene rings is 2. The molecule has 1 aliphatic heterocycles. The third kappa shape index (κ3) is 3.94. The fourth-order valence-electron chi connectivity index (χ4n) is 3.90. The van der Waals surface area contributed by atoms with Crippen LogP contribution < -0.4 is 28.4 Å². The molecule has 2 aromatic carbocycles. The minimum Gasteiger partial charge on any atom is -0.493 e. The fourth-order valence-corrected chi connectivity index (χ4v) is 3.90. The van der Waals surface area contributed by atoms with Gasteiger partial charge in [0.1, 0.15) is 0 Å². The van der Waals surface area contributed by atoms with Crippen molar-refractivity contribution in [1.82, 2.24) is 0 Å². The largest absolute Gasteiger partial charge is 0.493 e. The van der Waals surface area contributed by atoms with Crippen molar-refractivity contribution in [2.75, 3.05) is 41.8 Å². The van der Waals surface area contributed by atoms with Crippen molar-refractivity contribution in [3.8, 4) is 34.5 Å². The van der Waals surface area contributed by atoms with Crippen molar-refractivity contribution >= 4 is 0 Å². The molecule has 7 nitrogen and oxygen atoms in total. The lowest BCUT2D eigenvalue weighted by atomic mass is 9.76. The molecule has 0 fully saturated rings. The van der Waals surface area contributed by atoms with Crippen LogP contribution in [0.4, 0.5) is 0 Å². The van der Waals surface area contributed by atoms with E-state index in [1.54, 1.807) is 28.4 Å². The third-order valence-corrected chi connectivity index (χ3v) is 5.80. The summed E-state index contributed by atoms with van der Waals surface area (Å²) in [6.45, 7) is 4.38. The molecule has 164 valence electrons. The fraction of sp³-hybridized carbons (Fsp3) is 0.478. The van der Waals surface area contributed by atoms with Crippen LogP contribution in [0.15, 0.2) is 24.3 Å². The first-order valence-electron chi connectivity index (χ1n) is 9.87. The van der Waals surface area contributed by atoms with Gasteiger partial charge in [-0.1, -0.05) is 13.8 Å². The molecule has 1 aliphatic rings. The second-order valence-corrected chi connectivity index (χ2v) is 7.41. The van der Waals surface area contributed by atoms with Crippen LogP contribution in [0.5, 0.6) is 34.5 Å². The number of fused-ring (bicyclic) bond motifs is 1. The smallest absolute Gasteiger partial charge is 0.231 e. The Kier molecular flexibility index (Phi) is 6.82. The quantitative estimate of drug-likeness (QED) is 0.663. The van der Waals surface area contributed by atoms with Gasteiger partial charge in [0, 0.05) is 12.5 Å². The monoisotopic (exact) mass is 418 g/mol. The normalized spacial score (nSPS) is 15.3. The maximum Gasteiger partial charge on any atom is 0.231 e. The maximum absolute atomic E-state index is 9.85. The molecule has 0 radical (unpaired) electrons. The van der Waals surface area contributed by atoms with E-state index in [9.17, 15) is 5.11 Å². The van der Waals surface area contributed by atoms with E-state index in [0.717, 1.165) is 11.1 Å². The zero-order valence-corrected chi connectivity index (χ0v) is 18.4. The van der Waals surface area contributed by atoms with E-state index >= 15 is 0 Å². The van der Waals surface area contributed by atoms with Crippen molar-refractivity contribution in [2.45, 2.75) is 19.8 Å². The first kappa shape index (κ1) is 21.9. The highest BCUT2D eigenvalue weighted by atomic mass is 16.7. The third-order valence-electron chi connectivity index (χ3n) is 5.80. The second kappa shape index (κ2) is 9.34. The number of aliphatic hydroxyl groups excluding tert-OH is 1. The first-order chi connectivity index (χ1) is 14.5. The molecule has 2 aromatic rings. The van der Waals surface area contributed by atoms with Gasteiger partial charge in [-0.15, -0.1) is 0 Å². The Balaban J connectivity index is 2.21. The Hall–Kier alpha value is -2.80. The summed E-state index contributed by atoms with van der Waals surface area (Å²) >= 11 is 0. The van der Waals surface area contributed by atoms with Crippen molar-refractivity contribution in [3.05, 3.63) is 35.4 Å². The van der Waals surface area contributed by atoms with Crippen LogP contribution >= 0.6 is 0 Å². The lowest BCUT2D eigenvalue weighted by Crippen LogP contribution is -2.21. The lowest BCUT2D eigenvalue weighted by Gasteiger charge is -2.30. The molecule has 3 rings (SSSR count). The maximum atomic E-state index is 9.85. The van der Waals surface area contributed by atoms with Crippen molar-refractivity contribution in [1.29, 1.82) is 0 Å². The number of rotatable bonds is 9. The molecule has 1 unspecified atom stereocenters. The molecule has 0 bridgehead atoms. The zero-order valence-electron chi connectivity index (χ0n) is 18.4. The molecule has 3 atom stereocenters. The van der Waals surface area contributed by atoms with Gasteiger partial charge in [0.2, 0.25) is 18.3 Å². The minimum atomic E-state index is -0.0933. The molecule has 0 saturated heterocycles. The Labute approximate surface area is 177 Å². The summed E-state index contributed by atoms with van der Waals surface area (Å²) in [6, 6.07) is 7.83. The number of aliphatic hydroxyl groups is 1. The molecule has 0 aliphatic carbocycles. The van der Waals surface area contributed by atoms with E-state index in [4.69, 9.17) is 28.4 Å². The van der Waals surface area contributed by atoms with Gasteiger partial charge in [-0.05, 0) is 47.2 Å². The van der Waals surface area contributed by atoms with Gasteiger partial charge in [-0.25, -0.2) is 0 Å². The number of hydrogen-bond donors (Lipinski definition) is 1. The predicted octanol–water partition coefficient (Wildman–Crippen LogP) is 3.85. The highest BCUT2D eigenvalue weighted by Crippen LogP contribution is 2.48. The van der Waals surface area contributed by atoms with Crippen LogP contribution in [0, 0.1) is 11.8 Å². The Morgan fingerprint density at radius 1 is 0.833 bits per heavy atom. The summed E-state index contributed by atoms with van der Waals surface area (Å²) in [5, 5.41) is 9.85. The Bertz CT molecular complexity index is 855. The summed E-state index contributed by atoms with van der Waals surface area (Å²) < 4.78 is 33.4. The van der Waals surface area contributed by atoms with Crippen LogP contribution in [0.1, 0.15) is 30.9 Å². The van der Waals surface area contributed by atoms with E-state index in [2.05, 4.69) is 6.92 Å². The molecule has 0 saturated carbocycles. The van der Waals surface area contributed by atoms with E-state index < -0.39 is 0 Å². The molecule has 0 aromatic heterocycles. The van der Waals surface area contributed by atoms with E-state index in [-0.39, 0.29) is 31.2 Å². The topological polar surface area (TPSA) is 75.6 Å². The van der Waals surface area contributed by atoms with Gasteiger partial charge in [0.25, 0.3) is 0 Å². The molecule has 0 spiro atoms. The highest BCUT2D eigenvalue weighted by molar-refractivity contribution is 5.59. The Morgan fingerprint density at radius 3 is 1.93 bits per heavy atom. The van der Waals surface area contributed by atoms with Gasteiger partial charge >= 0.3 is 0 Å². The molecular formula is C23H30O7. The van der Waals surface area contributed by atoms with Crippen LogP contribution in [-0.2, 0) is 0 Å². The SMILES string of the molecule is COc1cc(C(c2cc(OC)c3c(c2)OCO3)[C@@H](C)[C@@H](C)CO)cc(OC)c1OC. The summed E-state index contributed by atoms with van der Waals surface area (Å²) in [6.07, 6.45) is 0. The second-order valence-electron chi connectivity index (χ2n) is 7.41. The molecule has 1 N–H and O–H groups in total. The summed E-state index contributed by atoms with van der Waals surface area (Å²) in [5.41, 5.74) is 1.95. The molecular weight excluding hydrogens is 388 g/mol. The average Bonchev–Trinajstić information content (AvgIpc) is 3.25. The summed E-state index contributed by atoms with van der Waals surface area (Å²) in [5.74, 6) is 3.59. The van der Waals surface area contributed by atoms with Crippen molar-refractivity contribution in [3.63, 3.8) is 0 Å². The Morgan fingerprint density at radius 2 is 1.40 bits per heavy atom. The minimum absolute atomic E-state index is 0.0468. The summed E-state index contributed by atoms with van der Waals surface area (Å²) in [7, 11) is 6.38. The average molecular weight is 418 g/mol. The molecule has 1 heterocycles. The number of ether oxygens (including phenoxy) is 6. The van der Waals surface area contributed by atoms with E-state index in [1.807, 2.05) is 31.2 Å². The van der Waals surface area contributed by atoms with Crippen molar-refractivity contribution in [2.24, 2.45) is 11.8 Å². The van der Waals surface area contributed by atoms with E-state index in [0.29, 0.717) is 34.5 Å². The highest BCUT2D eigenvalue weighted by Gasteiger charge is 2.31. The zero-order chi connectivity index (χ0) is 21.8. The van der Waals surface area contributed by atoms with Gasteiger partial charge in [0.05, 0.1) is 28.4 Å². The first-order valence-corrected chi connectivity index (χ1v) is 9.87. The van der Waals surface area contributed by atoms with Gasteiger partial charge < -0.3 is 33.5 Å². The van der Waals surface area contributed by atoms with Gasteiger partial charge in [-0.3, -0.25) is 0 Å². The predicted molar refractivity (Wildman–Crippen MR) is 112 cm³/mol. The lowest BCUT2D eigenvalue weighted by molar-refractivity contribution is 0.171. The van der Waals surface area contributed by atoms with Crippen LogP contribution in [0.2, 0.25) is 0 Å². The molecule has 7 heteroatoms. The molecule has 0 amide bonds. The van der Waals surface area contributed by atoms with E-state index in [1.165, 1.54) is 0 Å². The van der Waals surface area contributed by atoms with Gasteiger partial charge in [0.15, 0.2) is 23.0 Å². The summed E-state index contributed by atoms with van der Waals surface area (Å²) in [4.78, 5) is 0. The van der Waals surface area contributed by atoms with Crippen LogP contribution in [0.3, 0.4) is 0 Å².